The van der Waals surface area contributed by atoms with Crippen molar-refractivity contribution < 1.29 is 0 Å². The lowest BCUT2D eigenvalue weighted by Gasteiger charge is -2.07. The monoisotopic (exact) mass is 244 g/mol. The lowest BCUT2D eigenvalue weighted by atomic mass is 10.1. The van der Waals surface area contributed by atoms with Crippen molar-refractivity contribution in [3.05, 3.63) is 47.0 Å². The van der Waals surface area contributed by atoms with Gasteiger partial charge in [-0.25, -0.2) is 0 Å². The van der Waals surface area contributed by atoms with Crippen molar-refractivity contribution in [3.8, 4) is 0 Å². The molecule has 72 valence electrons. The molecule has 0 radical (unpaired) electrons. The van der Waals surface area contributed by atoms with Gasteiger partial charge in [0, 0.05) is 10.9 Å². The van der Waals surface area contributed by atoms with Gasteiger partial charge in [0.1, 0.15) is 4.84 Å². The summed E-state index contributed by atoms with van der Waals surface area (Å²) in [5.74, 6) is 0. The van der Waals surface area contributed by atoms with Crippen LogP contribution in [0.3, 0.4) is 0 Å². The fourth-order valence-electron chi connectivity index (χ4n) is 1.42. The molecule has 0 saturated carbocycles. The molecule has 0 N–H and O–H groups in total. The molecular weight excluding hydrogens is 238 g/mol. The number of halogens is 3. The molecule has 0 amide bonds. The number of fused-ring (bicyclic) bond motifs is 1. The van der Waals surface area contributed by atoms with Gasteiger partial charge in [-0.15, -0.1) is 23.2 Å². The maximum Gasteiger partial charge on any atom is 0.134 e. The van der Waals surface area contributed by atoms with Crippen molar-refractivity contribution in [1.29, 1.82) is 0 Å². The van der Waals surface area contributed by atoms with Gasteiger partial charge in [0.25, 0.3) is 0 Å². The van der Waals surface area contributed by atoms with Crippen LogP contribution in [0, 0.1) is 0 Å². The van der Waals surface area contributed by atoms with Gasteiger partial charge in [0.15, 0.2) is 0 Å². The number of hydrogen-bond acceptors (Lipinski definition) is 0. The first-order valence-corrected chi connectivity index (χ1v) is 5.40. The minimum absolute atomic E-state index is 0.577. The zero-order chi connectivity index (χ0) is 10.1. The quantitative estimate of drug-likeness (QED) is 0.622. The topological polar surface area (TPSA) is 0 Å². The third-order valence-corrected chi connectivity index (χ3v) is 3.02. The van der Waals surface area contributed by atoms with Gasteiger partial charge in [-0.2, -0.15) is 0 Å². The van der Waals surface area contributed by atoms with Crippen LogP contribution in [0.2, 0.25) is 5.02 Å². The van der Waals surface area contributed by atoms with E-state index in [0.29, 0.717) is 5.02 Å². The maximum absolute atomic E-state index is 6.17. The third kappa shape index (κ3) is 1.70. The Balaban J connectivity index is 2.75. The molecular formula is C11H7Cl3. The lowest BCUT2D eigenvalue weighted by molar-refractivity contribution is 1.37. The van der Waals surface area contributed by atoms with Crippen molar-refractivity contribution in [1.82, 2.24) is 0 Å². The van der Waals surface area contributed by atoms with Crippen LogP contribution in [0.5, 0.6) is 0 Å². The summed E-state index contributed by atoms with van der Waals surface area (Å²) in [4.78, 5) is -0.577. The van der Waals surface area contributed by atoms with E-state index in [1.807, 2.05) is 36.4 Å². The molecule has 0 aliphatic heterocycles. The molecule has 0 bridgehead atoms. The maximum atomic E-state index is 6.17. The van der Waals surface area contributed by atoms with Gasteiger partial charge < -0.3 is 0 Å². The highest BCUT2D eigenvalue weighted by molar-refractivity contribution is 6.46. The largest absolute Gasteiger partial charge is 0.134 e. The van der Waals surface area contributed by atoms with Gasteiger partial charge in [-0.3, -0.25) is 0 Å². The molecule has 0 aromatic heterocycles. The van der Waals surface area contributed by atoms with Crippen LogP contribution < -0.4 is 0 Å². The summed E-state index contributed by atoms with van der Waals surface area (Å²) in [5, 5.41) is 2.71. The molecule has 14 heavy (non-hydrogen) atoms. The summed E-state index contributed by atoms with van der Waals surface area (Å²) in [6.07, 6.45) is 0. The van der Waals surface area contributed by atoms with Gasteiger partial charge in [-0.05, 0) is 5.39 Å². The molecule has 0 aliphatic rings. The van der Waals surface area contributed by atoms with Crippen molar-refractivity contribution in [2.45, 2.75) is 4.84 Å². The van der Waals surface area contributed by atoms with Crippen LogP contribution in [-0.4, -0.2) is 0 Å². The van der Waals surface area contributed by atoms with Crippen LogP contribution in [0.15, 0.2) is 36.4 Å². The van der Waals surface area contributed by atoms with Crippen LogP contribution in [0.25, 0.3) is 10.8 Å². The molecule has 0 spiro atoms. The average molecular weight is 246 g/mol. The summed E-state index contributed by atoms with van der Waals surface area (Å²) in [6, 6.07) is 11.7. The Hall–Kier alpha value is -0.430. The van der Waals surface area contributed by atoms with Crippen molar-refractivity contribution >= 4 is 45.6 Å². The predicted octanol–water partition coefficient (Wildman–Crippen LogP) is 4.97. The van der Waals surface area contributed by atoms with E-state index in [2.05, 4.69) is 0 Å². The summed E-state index contributed by atoms with van der Waals surface area (Å²) in [7, 11) is 0. The van der Waals surface area contributed by atoms with E-state index in [4.69, 9.17) is 34.8 Å². The summed E-state index contributed by atoms with van der Waals surface area (Å²) in [6.45, 7) is 0. The normalized spacial score (nSPS) is 11.1. The zero-order valence-corrected chi connectivity index (χ0v) is 9.44. The van der Waals surface area contributed by atoms with E-state index in [1.54, 1.807) is 0 Å². The number of benzene rings is 2. The summed E-state index contributed by atoms with van der Waals surface area (Å²) >= 11 is 17.7. The van der Waals surface area contributed by atoms with E-state index < -0.39 is 4.84 Å². The predicted molar refractivity (Wildman–Crippen MR) is 63.4 cm³/mol. The van der Waals surface area contributed by atoms with Crippen LogP contribution in [0.4, 0.5) is 0 Å². The molecule has 3 heteroatoms. The Labute approximate surface area is 97.4 Å². The highest BCUT2D eigenvalue weighted by atomic mass is 35.5. The Morgan fingerprint density at radius 1 is 0.929 bits per heavy atom. The summed E-state index contributed by atoms with van der Waals surface area (Å²) < 4.78 is 0. The second-order valence-corrected chi connectivity index (χ2v) is 4.46. The minimum Gasteiger partial charge on any atom is -0.100 e. The highest BCUT2D eigenvalue weighted by Gasteiger charge is 2.10. The lowest BCUT2D eigenvalue weighted by Crippen LogP contribution is -1.85. The van der Waals surface area contributed by atoms with Gasteiger partial charge in [0.2, 0.25) is 0 Å². The van der Waals surface area contributed by atoms with E-state index in [0.717, 1.165) is 16.3 Å². The van der Waals surface area contributed by atoms with Crippen molar-refractivity contribution in [2.24, 2.45) is 0 Å². The molecule has 2 rings (SSSR count). The first-order chi connectivity index (χ1) is 6.70. The second-order valence-electron chi connectivity index (χ2n) is 2.99. The van der Waals surface area contributed by atoms with Gasteiger partial charge >= 0.3 is 0 Å². The minimum atomic E-state index is -0.577. The average Bonchev–Trinajstić information content (AvgIpc) is 2.18. The zero-order valence-electron chi connectivity index (χ0n) is 7.18. The fraction of sp³-hybridized carbons (Fsp3) is 0.0909. The van der Waals surface area contributed by atoms with Crippen molar-refractivity contribution in [3.63, 3.8) is 0 Å². The van der Waals surface area contributed by atoms with Crippen LogP contribution >= 0.6 is 34.8 Å². The first-order valence-electron chi connectivity index (χ1n) is 4.15. The van der Waals surface area contributed by atoms with Gasteiger partial charge in [-0.1, -0.05) is 48.0 Å². The third-order valence-electron chi connectivity index (χ3n) is 2.13. The van der Waals surface area contributed by atoms with Crippen molar-refractivity contribution in [2.75, 3.05) is 0 Å². The molecule has 0 saturated heterocycles. The van der Waals surface area contributed by atoms with E-state index in [9.17, 15) is 0 Å². The van der Waals surface area contributed by atoms with E-state index >= 15 is 0 Å². The van der Waals surface area contributed by atoms with E-state index in [1.165, 1.54) is 0 Å². The smallest absolute Gasteiger partial charge is 0.100 e. The first kappa shape index (κ1) is 10.1. The summed E-state index contributed by atoms with van der Waals surface area (Å²) in [5.41, 5.74) is 0.758. The van der Waals surface area contributed by atoms with Gasteiger partial charge in [0.05, 0.1) is 5.02 Å². The molecule has 2 aromatic rings. The number of rotatable bonds is 1. The molecule has 0 nitrogen and oxygen atoms in total. The Bertz CT molecular complexity index is 463. The standard InChI is InChI=1S/C11H7Cl3/c12-10-8-4-2-1-3-7(8)5-6-9(10)11(13)14/h1-6,11H. The molecule has 0 atom stereocenters. The number of hydrogen-bond donors (Lipinski definition) is 0. The number of alkyl halides is 2. The molecule has 0 heterocycles. The van der Waals surface area contributed by atoms with E-state index in [-0.39, 0.29) is 0 Å². The van der Waals surface area contributed by atoms with Crippen LogP contribution in [0.1, 0.15) is 10.4 Å². The Kier molecular flexibility index (Phi) is 2.87. The molecule has 0 fully saturated rings. The molecule has 0 unspecified atom stereocenters. The second kappa shape index (κ2) is 3.98. The molecule has 2 aromatic carbocycles. The SMILES string of the molecule is Clc1c(C(Cl)Cl)ccc2ccccc12. The van der Waals surface area contributed by atoms with Crippen LogP contribution in [-0.2, 0) is 0 Å². The Morgan fingerprint density at radius 3 is 2.36 bits per heavy atom. The fourth-order valence-corrected chi connectivity index (χ4v) is 2.24. The highest BCUT2D eigenvalue weighted by Crippen LogP contribution is 2.35. The molecule has 0 aliphatic carbocycles. The Morgan fingerprint density at radius 2 is 1.64 bits per heavy atom.